The first-order valence-corrected chi connectivity index (χ1v) is 19.6. The Morgan fingerprint density at radius 1 is 0.862 bits per heavy atom. The molecule has 58 heavy (non-hydrogen) atoms. The summed E-state index contributed by atoms with van der Waals surface area (Å²) in [6, 6.07) is 19.9. The summed E-state index contributed by atoms with van der Waals surface area (Å²) in [7, 11) is 0. The van der Waals surface area contributed by atoms with Crippen molar-refractivity contribution in [3.63, 3.8) is 0 Å². The second kappa shape index (κ2) is 15.8. The number of carbonyl (C=O) groups is 3. The molecule has 0 bridgehead atoms. The van der Waals surface area contributed by atoms with E-state index < -0.39 is 5.91 Å². The Balaban J connectivity index is 0.806. The highest BCUT2D eigenvalue weighted by atomic mass is 16.5. The largest absolute Gasteiger partial charge is 0.368 e. The minimum Gasteiger partial charge on any atom is -0.368 e. The lowest BCUT2D eigenvalue weighted by molar-refractivity contribution is -0.120. The third-order valence-electron chi connectivity index (χ3n) is 11.0. The number of nitrogens with one attached hydrogen (secondary N) is 3. The van der Waals surface area contributed by atoms with E-state index in [1.807, 2.05) is 83.3 Å². The summed E-state index contributed by atoms with van der Waals surface area (Å²) >= 11 is 0. The number of nitrogens with zero attached hydrogens (tertiary/aromatic N) is 9. The Hall–Kier alpha value is -6.42. The molecule has 0 unspecified atom stereocenters. The second-order valence-electron chi connectivity index (χ2n) is 16.1. The molecule has 3 aliphatic rings. The van der Waals surface area contributed by atoms with Crippen LogP contribution in [-0.2, 0) is 10.2 Å². The molecule has 3 saturated heterocycles. The lowest BCUT2D eigenvalue weighted by Gasteiger charge is -2.49. The van der Waals surface area contributed by atoms with E-state index in [1.54, 1.807) is 4.90 Å². The monoisotopic (exact) mass is 784 g/mol. The van der Waals surface area contributed by atoms with E-state index >= 15 is 0 Å². The number of urea groups is 1. The number of carbonyl (C=O) groups excluding carboxylic acids is 3. The standard InChI is InChI=1S/C42H48N12O4/c1-26-20-28(6-12-33(26)27(2)46-38(56)39-49-40(50-58-39)42(3,4)5)34-21-36(45-25-44-34)47-35-13-11-31(22-43-35)51-16-18-52(19-17-51)32-23-53(24-32)29-7-9-30(10-8-29)54-15-14-37(55)48-41(54)57/h6-13,20-22,25,27,32H,14-19,23-24H2,1-5H3,(H,46,56)(H,48,55,57)(H,43,44,45,47)/t27-/m1/s1. The van der Waals surface area contributed by atoms with E-state index in [-0.39, 0.29) is 29.3 Å². The van der Waals surface area contributed by atoms with Crippen molar-refractivity contribution in [1.82, 2.24) is 40.6 Å². The molecule has 0 saturated carbocycles. The van der Waals surface area contributed by atoms with Gasteiger partial charge in [0.1, 0.15) is 18.0 Å². The summed E-state index contributed by atoms with van der Waals surface area (Å²) in [5.74, 6) is 1.11. The summed E-state index contributed by atoms with van der Waals surface area (Å²) in [6.07, 6.45) is 3.76. The Bertz CT molecular complexity index is 2290. The molecule has 8 rings (SSSR count). The molecule has 1 atom stereocenters. The van der Waals surface area contributed by atoms with Gasteiger partial charge in [0.15, 0.2) is 5.82 Å². The number of amides is 4. The number of rotatable bonds is 10. The Morgan fingerprint density at radius 2 is 1.60 bits per heavy atom. The molecule has 0 aliphatic carbocycles. The normalized spacial score (nSPS) is 17.2. The molecule has 3 aliphatic heterocycles. The summed E-state index contributed by atoms with van der Waals surface area (Å²) in [5, 5.41) is 12.6. The fraction of sp³-hybridized carbons (Fsp3) is 0.381. The molecule has 0 radical (unpaired) electrons. The van der Waals surface area contributed by atoms with Gasteiger partial charge < -0.3 is 25.0 Å². The van der Waals surface area contributed by atoms with E-state index in [2.05, 4.69) is 69.0 Å². The van der Waals surface area contributed by atoms with Crippen molar-refractivity contribution in [2.75, 3.05) is 65.8 Å². The van der Waals surface area contributed by atoms with Crippen LogP contribution >= 0.6 is 0 Å². The van der Waals surface area contributed by atoms with Crippen LogP contribution < -0.4 is 30.7 Å². The fourth-order valence-electron chi connectivity index (χ4n) is 7.54. The van der Waals surface area contributed by atoms with Gasteiger partial charge >= 0.3 is 17.8 Å². The van der Waals surface area contributed by atoms with Crippen molar-refractivity contribution >= 4 is 46.5 Å². The average Bonchev–Trinajstić information content (AvgIpc) is 3.71. The van der Waals surface area contributed by atoms with Gasteiger partial charge in [0.05, 0.1) is 23.6 Å². The third-order valence-corrected chi connectivity index (χ3v) is 11.0. The van der Waals surface area contributed by atoms with Crippen LogP contribution in [0, 0.1) is 6.92 Å². The van der Waals surface area contributed by atoms with Gasteiger partial charge in [-0.3, -0.25) is 24.7 Å². The first-order valence-electron chi connectivity index (χ1n) is 19.6. The van der Waals surface area contributed by atoms with Crippen molar-refractivity contribution in [3.8, 4) is 11.3 Å². The number of aryl methyl sites for hydroxylation is 1. The first kappa shape index (κ1) is 38.5. The van der Waals surface area contributed by atoms with Crippen molar-refractivity contribution < 1.29 is 18.9 Å². The van der Waals surface area contributed by atoms with Crippen LogP contribution in [0.5, 0.6) is 0 Å². The van der Waals surface area contributed by atoms with E-state index in [1.165, 1.54) is 6.33 Å². The van der Waals surface area contributed by atoms with Gasteiger partial charge in [0, 0.05) is 86.7 Å². The minimum atomic E-state index is -0.416. The fourth-order valence-corrected chi connectivity index (χ4v) is 7.54. The summed E-state index contributed by atoms with van der Waals surface area (Å²) < 4.78 is 5.22. The number of benzene rings is 2. The van der Waals surface area contributed by atoms with Crippen molar-refractivity contribution in [1.29, 1.82) is 0 Å². The zero-order chi connectivity index (χ0) is 40.6. The summed E-state index contributed by atoms with van der Waals surface area (Å²) in [5.41, 5.74) is 6.35. The maximum Gasteiger partial charge on any atom is 0.328 e. The number of piperazine rings is 1. The molecule has 300 valence electrons. The number of aromatic nitrogens is 5. The summed E-state index contributed by atoms with van der Waals surface area (Å²) in [6.45, 7) is 16.0. The maximum atomic E-state index is 12.8. The number of imide groups is 1. The van der Waals surface area contributed by atoms with Gasteiger partial charge in [-0.25, -0.2) is 19.7 Å². The Morgan fingerprint density at radius 3 is 2.28 bits per heavy atom. The van der Waals surface area contributed by atoms with Crippen LogP contribution in [0.4, 0.5) is 33.5 Å². The maximum absolute atomic E-state index is 12.8. The van der Waals surface area contributed by atoms with Gasteiger partial charge in [0.2, 0.25) is 5.91 Å². The Labute approximate surface area is 337 Å². The zero-order valence-electron chi connectivity index (χ0n) is 33.4. The van der Waals surface area contributed by atoms with Crippen LogP contribution in [0.25, 0.3) is 11.3 Å². The topological polar surface area (TPSA) is 178 Å². The molecule has 3 fully saturated rings. The molecule has 5 aromatic rings. The third kappa shape index (κ3) is 8.32. The molecule has 2 aromatic carbocycles. The van der Waals surface area contributed by atoms with Crippen LogP contribution in [0.1, 0.15) is 67.8 Å². The van der Waals surface area contributed by atoms with Crippen LogP contribution in [-0.4, -0.2) is 99.7 Å². The molecule has 0 spiro atoms. The predicted octanol–water partition coefficient (Wildman–Crippen LogP) is 5.22. The number of hydrogen-bond donors (Lipinski definition) is 3. The molecular weight excluding hydrogens is 737 g/mol. The smallest absolute Gasteiger partial charge is 0.328 e. The minimum absolute atomic E-state index is 0.0538. The SMILES string of the molecule is Cc1cc(-c2cc(Nc3ccc(N4CCN(C5CN(c6ccc(N7CCC(=O)NC7=O)cc6)C5)CC4)cn3)ncn2)ccc1[C@@H](C)NC(=O)c1nc(C(C)(C)C)no1. The zero-order valence-corrected chi connectivity index (χ0v) is 33.4. The van der Waals surface area contributed by atoms with Crippen LogP contribution in [0.3, 0.4) is 0 Å². The van der Waals surface area contributed by atoms with Crippen LogP contribution in [0.2, 0.25) is 0 Å². The van der Waals surface area contributed by atoms with E-state index in [0.29, 0.717) is 36.5 Å². The van der Waals surface area contributed by atoms with Crippen molar-refractivity contribution in [3.05, 3.63) is 96.0 Å². The molecule has 16 nitrogen and oxygen atoms in total. The van der Waals surface area contributed by atoms with Crippen LogP contribution in [0.15, 0.2) is 77.7 Å². The first-order chi connectivity index (χ1) is 27.9. The number of anilines is 5. The van der Waals surface area contributed by atoms with Gasteiger partial charge in [-0.05, 0) is 67.4 Å². The lowest BCUT2D eigenvalue weighted by Crippen LogP contribution is -2.63. The second-order valence-corrected chi connectivity index (χ2v) is 16.1. The quantitative estimate of drug-likeness (QED) is 0.168. The van der Waals surface area contributed by atoms with E-state index in [4.69, 9.17) is 9.51 Å². The molecular formula is C42H48N12O4. The van der Waals surface area contributed by atoms with E-state index in [0.717, 1.165) is 78.7 Å². The molecule has 16 heteroatoms. The van der Waals surface area contributed by atoms with E-state index in [9.17, 15) is 14.4 Å². The number of pyridine rings is 1. The highest BCUT2D eigenvalue weighted by Crippen LogP contribution is 2.30. The predicted molar refractivity (Wildman–Crippen MR) is 220 cm³/mol. The average molecular weight is 785 g/mol. The van der Waals surface area contributed by atoms with Gasteiger partial charge in [-0.1, -0.05) is 38.1 Å². The van der Waals surface area contributed by atoms with Crippen molar-refractivity contribution in [2.24, 2.45) is 0 Å². The van der Waals surface area contributed by atoms with Gasteiger partial charge in [0.25, 0.3) is 0 Å². The Kier molecular flexibility index (Phi) is 10.5. The van der Waals surface area contributed by atoms with Gasteiger partial charge in [-0.15, -0.1) is 0 Å². The van der Waals surface area contributed by atoms with Gasteiger partial charge in [-0.2, -0.15) is 4.98 Å². The molecule has 3 N–H and O–H groups in total. The number of hydrogen-bond acceptors (Lipinski definition) is 13. The molecule has 6 heterocycles. The highest BCUT2D eigenvalue weighted by Gasteiger charge is 2.34. The lowest BCUT2D eigenvalue weighted by atomic mass is 9.96. The highest BCUT2D eigenvalue weighted by molar-refractivity contribution is 6.05. The van der Waals surface area contributed by atoms with Crippen molar-refractivity contribution in [2.45, 2.75) is 58.5 Å². The molecule has 3 aromatic heterocycles. The molecule has 4 amide bonds. The summed E-state index contributed by atoms with van der Waals surface area (Å²) in [4.78, 5) is 63.4.